The number of hydrogen-bond donors (Lipinski definition) is 17. The summed E-state index contributed by atoms with van der Waals surface area (Å²) in [7, 11) is -20.6. The number of hydrogen-bond acceptors (Lipinski definition) is 49. The molecule has 30 atom stereocenters. The lowest BCUT2D eigenvalue weighted by atomic mass is 10.1. The number of phosphoric acid groups is 4. The molecular formula is C67H78F3N25O37P6S2. The largest absolute Gasteiger partial charge is 0.472 e. The van der Waals surface area contributed by atoms with Crippen LogP contribution in [0, 0.1) is 20.8 Å². The molecule has 62 nitrogen and oxygen atoms in total. The van der Waals surface area contributed by atoms with Crippen LogP contribution in [-0.2, 0) is 122 Å². The van der Waals surface area contributed by atoms with Gasteiger partial charge in [-0.15, -0.1) is 0 Å². The molecule has 12 bridgehead atoms. The Kier molecular flexibility index (Phi) is 27.0. The van der Waals surface area contributed by atoms with Crippen molar-refractivity contribution in [2.24, 2.45) is 0 Å². The van der Waals surface area contributed by atoms with Gasteiger partial charge in [0, 0.05) is 12.4 Å². The van der Waals surface area contributed by atoms with Gasteiger partial charge >= 0.3 is 51.0 Å². The Labute approximate surface area is 785 Å². The number of nitrogens with zero attached hydrogens (tertiary/aromatic N) is 19. The first-order valence-electron chi connectivity index (χ1n) is 41.0. The maximum atomic E-state index is 13.5. The monoisotopic (exact) mass is 2130 g/mol. The number of nitrogen functional groups attached to an aromatic ring is 3. The zero-order chi connectivity index (χ0) is 99.4. The predicted octanol–water partition coefficient (Wildman–Crippen LogP) is -0.995. The number of aliphatic hydroxyl groups is 5. The standard InChI is InChI=1S/C23H26F3N9O13P2.2C22H26N8O12P2S/c1-8-32-19-12(20(37)33-8)31-7-35(19)22-16-14(42-4-23(24,25)26)10(46-22)3-44-49(38,39)47-15-13(36)9(2-43-50(40,41)48-16)45-21(15)34-6-30-11-17(27)28-5-29-18(11)34;2*1-8-27-18-9(20(33)28-8)2-3-29(18)21-16-14(32)10(39-21)4-37-43(34,35)41-15-13(31)11(5-38-44(36,45)42-16)40-22(15)30-7-26-12-17(23)24-6-25-19(12)30/h5-7,9-10,13-16,21-22,36H,2-4H2,1H3,(H,38,39)(H,40,41)(H2,27,28,29)(H,32,33,37);2*2-3,6-7,10-11,13-16,21-22,31-32H,4-5H2,1H3,(H,34,35)(H,36,45)(H2,23,24,25)(H,27,28,33)/t9-,10-,13+,14?,15?,16+,21-,22-;2*10-,11-,13+,14?,15?,16+,21-,22-,44?/m111/s1. The lowest BCUT2D eigenvalue weighted by Gasteiger charge is -2.28. The molecule has 21 heterocycles. The third-order valence-corrected chi connectivity index (χ3v) is 30.1. The van der Waals surface area contributed by atoms with Crippen LogP contribution >= 0.6 is 57.1 Å². The topological polar surface area (TPSA) is 837 Å². The molecule has 73 heteroatoms. The predicted molar refractivity (Wildman–Crippen MR) is 459 cm³/mol. The van der Waals surface area contributed by atoms with Gasteiger partial charge in [-0.3, -0.25) is 82.4 Å². The normalized spacial score (nSPS) is 36.9. The molecule has 21 rings (SSSR count). The summed E-state index contributed by atoms with van der Waals surface area (Å²) in [6, 6.07) is 2.93. The fourth-order valence-corrected chi connectivity index (χ4v) is 23.4. The van der Waals surface area contributed by atoms with Crippen LogP contribution in [0.3, 0.4) is 0 Å². The first-order chi connectivity index (χ1) is 66.1. The number of rotatable bonds is 8. The van der Waals surface area contributed by atoms with Crippen molar-refractivity contribution in [2.45, 2.75) is 174 Å². The second-order valence-electron chi connectivity index (χ2n) is 32.2. The van der Waals surface area contributed by atoms with E-state index in [9.17, 15) is 100 Å². The van der Waals surface area contributed by atoms with Crippen molar-refractivity contribution in [1.82, 2.24) is 107 Å². The van der Waals surface area contributed by atoms with Crippen LogP contribution in [0.15, 0.2) is 83.2 Å². The molecule has 12 unspecified atom stereocenters. The molecule has 12 aromatic rings. The van der Waals surface area contributed by atoms with E-state index in [0.717, 1.165) is 23.5 Å². The van der Waals surface area contributed by atoms with E-state index in [0.29, 0.717) is 5.82 Å². The summed E-state index contributed by atoms with van der Waals surface area (Å²) in [4.78, 5) is 152. The van der Waals surface area contributed by atoms with Crippen LogP contribution in [0.4, 0.5) is 30.6 Å². The minimum absolute atomic E-state index is 0.0327. The molecule has 0 radical (unpaired) electrons. The Morgan fingerprint density at radius 2 is 0.707 bits per heavy atom. The van der Waals surface area contributed by atoms with Crippen LogP contribution < -0.4 is 33.9 Å². The fraction of sp³-hybridized carbons (Fsp3) is 0.522. The highest BCUT2D eigenvalue weighted by molar-refractivity contribution is 8.44. The molecule has 0 aliphatic carbocycles. The zero-order valence-corrected chi connectivity index (χ0v) is 78.1. The van der Waals surface area contributed by atoms with E-state index in [4.69, 9.17) is 116 Å². The molecule has 9 aliphatic rings. The van der Waals surface area contributed by atoms with Gasteiger partial charge in [-0.2, -0.15) is 13.2 Å². The molecule has 756 valence electrons. The number of ether oxygens (including phenoxy) is 7. The van der Waals surface area contributed by atoms with Crippen LogP contribution in [-0.4, -0.2) is 319 Å². The minimum Gasteiger partial charge on any atom is -0.387 e. The Morgan fingerprint density at radius 3 is 1.09 bits per heavy atom. The average molecular weight is 2130 g/mol. The van der Waals surface area contributed by atoms with Gasteiger partial charge in [0.2, 0.25) is 0 Å². The molecular weight excluding hydrogens is 2050 g/mol. The number of alkyl halides is 3. The Bertz CT molecular complexity index is 7020. The van der Waals surface area contributed by atoms with Crippen molar-refractivity contribution in [1.29, 1.82) is 0 Å². The highest BCUT2D eigenvalue weighted by Gasteiger charge is 2.60. The van der Waals surface area contributed by atoms with Gasteiger partial charge in [-0.1, -0.05) is 12.2 Å². The van der Waals surface area contributed by atoms with E-state index in [2.05, 4.69) is 92.0 Å². The van der Waals surface area contributed by atoms with E-state index in [1.165, 1.54) is 79.6 Å². The number of aromatic amines is 3. The number of imidazole rings is 4. The SMILES string of the molecule is Cc1nc2c(ccn2[C@@H]2O[C@@H]3COP(=O)(O)OC4[C@@H](O)[C@@H](COP(=O)(S)O[C@H]2C3O)O[C@H]4n2cnc3c(N)ncnc32)c(=O)[nH]1.Cc1nc2c(ccn2[C@@H]2O[C@@H]3COP(=O)(O)OC4[C@@H](O)[C@@H](COP(O)(=S)O[C@H]2C3O)O[C@H]4n2cnc3c(N)ncnc32)c(=O)[nH]1.Cc1nc2c(ncn2[C@@H]2O[C@@H]3COP(=O)(O)OC4[C@@H](O)[C@@H](COP(=O)(O)O[C@H]2C3OCC(F)(F)F)O[C@H]4n2cnc3c(N)ncnc32)c(=O)[nH]1. The highest BCUT2D eigenvalue weighted by Crippen LogP contribution is 2.61. The third kappa shape index (κ3) is 19.8. The number of thiol groups is 1. The Hall–Kier alpha value is -8.98. The lowest BCUT2D eigenvalue weighted by Crippen LogP contribution is -2.41. The number of fused-ring (bicyclic) bond motifs is 18. The Morgan fingerprint density at radius 1 is 0.407 bits per heavy atom. The van der Waals surface area contributed by atoms with Gasteiger partial charge in [0.15, 0.2) is 82.9 Å². The molecule has 0 spiro atoms. The summed E-state index contributed by atoms with van der Waals surface area (Å²) in [6.45, 7) is -10.6. The highest BCUT2D eigenvalue weighted by atomic mass is 32.7. The van der Waals surface area contributed by atoms with Gasteiger partial charge in [-0.05, 0) is 44.7 Å². The number of nitrogens with one attached hydrogen (secondary N) is 3. The van der Waals surface area contributed by atoms with Crippen molar-refractivity contribution in [3.05, 3.63) is 117 Å². The first-order valence-corrected chi connectivity index (χ1v) is 52.2. The van der Waals surface area contributed by atoms with Crippen molar-refractivity contribution in [2.75, 3.05) is 63.4 Å². The maximum Gasteiger partial charge on any atom is 0.472 e. The van der Waals surface area contributed by atoms with Crippen LogP contribution in [0.1, 0.15) is 54.8 Å². The quantitative estimate of drug-likeness (QED) is 0.0641. The van der Waals surface area contributed by atoms with E-state index in [1.807, 2.05) is 0 Å². The first kappa shape index (κ1) is 99.7. The maximum absolute atomic E-state index is 13.5. The smallest absolute Gasteiger partial charge is 0.387 e. The molecule has 0 aromatic carbocycles. The second kappa shape index (κ2) is 37.9. The second-order valence-corrected chi connectivity index (χ2v) is 43.5. The molecule has 0 saturated carbocycles. The van der Waals surface area contributed by atoms with Gasteiger partial charge in [0.05, 0.1) is 75.7 Å². The van der Waals surface area contributed by atoms with Crippen LogP contribution in [0.5, 0.6) is 0 Å². The third-order valence-electron chi connectivity index (χ3n) is 23.0. The van der Waals surface area contributed by atoms with Crippen molar-refractivity contribution < 1.29 is 173 Å². The summed E-state index contributed by atoms with van der Waals surface area (Å²) in [5.41, 5.74) is 16.9. The molecule has 19 N–H and O–H groups in total. The molecule has 140 heavy (non-hydrogen) atoms. The van der Waals surface area contributed by atoms with E-state index < -0.39 is 261 Å². The number of H-pyrrole nitrogens is 3. The number of aliphatic hydroxyl groups excluding tert-OH is 5. The van der Waals surface area contributed by atoms with E-state index in [-0.39, 0.29) is 95.8 Å². The number of anilines is 3. The lowest BCUT2D eigenvalue weighted by molar-refractivity contribution is -0.196. The zero-order valence-electron chi connectivity index (χ0n) is 71.1. The number of nitrogens with two attached hydrogens (primary N) is 3. The van der Waals surface area contributed by atoms with E-state index >= 15 is 0 Å². The minimum atomic E-state index is -5.34. The summed E-state index contributed by atoms with van der Waals surface area (Å²) < 4.78 is 220. The number of halogens is 3. The van der Waals surface area contributed by atoms with Crippen molar-refractivity contribution in [3.63, 3.8) is 0 Å². The molecule has 9 aliphatic heterocycles. The van der Waals surface area contributed by atoms with Crippen LogP contribution in [0.25, 0.3) is 66.7 Å². The molecule has 9 fully saturated rings. The van der Waals surface area contributed by atoms with Gasteiger partial charge in [0.1, 0.15) is 181 Å². The molecule has 9 saturated heterocycles. The van der Waals surface area contributed by atoms with Gasteiger partial charge in [-0.25, -0.2) is 87.6 Å². The fourth-order valence-electron chi connectivity index (χ4n) is 16.8. The summed E-state index contributed by atoms with van der Waals surface area (Å²) in [6.07, 6.45) is -31.0. The number of aromatic nitrogens is 22. The average Bonchev–Trinajstić information content (AvgIpc) is 1.62. The molecule has 0 amide bonds. The van der Waals surface area contributed by atoms with Crippen LogP contribution in [0.2, 0.25) is 0 Å². The van der Waals surface area contributed by atoms with Crippen molar-refractivity contribution >= 4 is 153 Å². The van der Waals surface area contributed by atoms with Crippen molar-refractivity contribution in [3.8, 4) is 0 Å². The Balaban J connectivity index is 0.000000134. The van der Waals surface area contributed by atoms with E-state index in [1.54, 1.807) is 13.8 Å². The number of aryl methyl sites for hydroxylation is 3. The van der Waals surface area contributed by atoms with Gasteiger partial charge < -0.3 is 129 Å². The van der Waals surface area contributed by atoms with Gasteiger partial charge in [0.25, 0.3) is 16.7 Å². The summed E-state index contributed by atoms with van der Waals surface area (Å²) in [5, 5.41) is 56.1. The molecule has 12 aromatic heterocycles. The number of phosphoric ester groups is 4. The summed E-state index contributed by atoms with van der Waals surface area (Å²) >= 11 is 9.31. The summed E-state index contributed by atoms with van der Waals surface area (Å²) in [5.74, 6) is 0.755.